The summed E-state index contributed by atoms with van der Waals surface area (Å²) in [6.07, 6.45) is 5.25. The number of benzene rings is 2. The molecule has 3 heterocycles. The molecule has 2 aliphatic heterocycles. The number of carbonyl (C=O) groups is 1. The van der Waals surface area contributed by atoms with Gasteiger partial charge in [0.2, 0.25) is 0 Å². The Balaban J connectivity index is 1.27. The van der Waals surface area contributed by atoms with Crippen molar-refractivity contribution in [2.45, 2.75) is 12.5 Å². The molecular weight excluding hydrogens is 366 g/mol. The number of amides is 1. The molecule has 0 spiro atoms. The summed E-state index contributed by atoms with van der Waals surface area (Å²) in [5.41, 5.74) is 9.68. The van der Waals surface area contributed by atoms with E-state index in [2.05, 4.69) is 40.4 Å². The Bertz CT molecular complexity index is 1100. The van der Waals surface area contributed by atoms with Gasteiger partial charge < -0.3 is 20.2 Å². The number of para-hydroxylation sites is 2. The van der Waals surface area contributed by atoms with Crippen LogP contribution in [0.2, 0.25) is 0 Å². The van der Waals surface area contributed by atoms with Crippen LogP contribution in [0, 0.1) is 0 Å². The number of nitrogens with two attached hydrogens (primary N) is 1. The molecule has 0 aliphatic carbocycles. The predicted molar refractivity (Wildman–Crippen MR) is 112 cm³/mol. The molecule has 0 saturated carbocycles. The highest BCUT2D eigenvalue weighted by Crippen LogP contribution is 2.35. The van der Waals surface area contributed by atoms with Crippen LogP contribution in [-0.2, 0) is 0 Å². The van der Waals surface area contributed by atoms with Crippen molar-refractivity contribution in [1.29, 1.82) is 0 Å². The first-order chi connectivity index (χ1) is 14.2. The lowest BCUT2D eigenvalue weighted by Crippen LogP contribution is -2.42. The number of rotatable bonds is 4. The van der Waals surface area contributed by atoms with Gasteiger partial charge >= 0.3 is 0 Å². The van der Waals surface area contributed by atoms with Crippen molar-refractivity contribution in [3.05, 3.63) is 65.9 Å². The molecular formula is C23H23N3O3. The molecule has 2 aromatic carbocycles. The number of aromatic amines is 1. The maximum Gasteiger partial charge on any atom is 0.252 e. The predicted octanol–water partition coefficient (Wildman–Crippen LogP) is 3.20. The zero-order valence-electron chi connectivity index (χ0n) is 16.1. The summed E-state index contributed by atoms with van der Waals surface area (Å²) in [4.78, 5) is 17.4. The smallest absolute Gasteiger partial charge is 0.252 e. The van der Waals surface area contributed by atoms with Crippen LogP contribution in [0.3, 0.4) is 0 Å². The lowest BCUT2D eigenvalue weighted by molar-refractivity contribution is 0.0599. The first-order valence-corrected chi connectivity index (χ1v) is 9.89. The molecule has 0 saturated heterocycles. The molecule has 3 aromatic rings. The lowest BCUT2D eigenvalue weighted by atomic mass is 9.99. The summed E-state index contributed by atoms with van der Waals surface area (Å²) in [6, 6.07) is 13.6. The second kappa shape index (κ2) is 7.29. The van der Waals surface area contributed by atoms with Crippen molar-refractivity contribution in [2.75, 3.05) is 26.2 Å². The molecule has 0 bridgehead atoms. The molecule has 5 rings (SSSR count). The normalized spacial score (nSPS) is 19.2. The summed E-state index contributed by atoms with van der Waals surface area (Å²) in [6.45, 7) is 3.02. The summed E-state index contributed by atoms with van der Waals surface area (Å²) in [5.74, 6) is 0.538. The molecule has 3 N–H and O–H groups in total. The Morgan fingerprint density at radius 1 is 1.21 bits per heavy atom. The third kappa shape index (κ3) is 3.36. The highest BCUT2D eigenvalue weighted by atomic mass is 16.6. The van der Waals surface area contributed by atoms with Gasteiger partial charge in [-0.2, -0.15) is 0 Å². The number of nitrogens with one attached hydrogen (secondary N) is 1. The van der Waals surface area contributed by atoms with Crippen molar-refractivity contribution in [1.82, 2.24) is 9.88 Å². The second-order valence-corrected chi connectivity index (χ2v) is 7.53. The molecule has 6 heteroatoms. The number of nitrogens with zero attached hydrogens (tertiary/aromatic N) is 1. The summed E-state index contributed by atoms with van der Waals surface area (Å²) < 4.78 is 11.9. The fraction of sp³-hybridized carbons (Fsp3) is 0.261. The van der Waals surface area contributed by atoms with Gasteiger partial charge in [0.15, 0.2) is 11.5 Å². The SMILES string of the molecule is NC(=O)c1cccc2c1OC(CN1CC=C(c3c[nH]c4ccccc34)CC1)CO2. The van der Waals surface area contributed by atoms with E-state index >= 15 is 0 Å². The summed E-state index contributed by atoms with van der Waals surface area (Å²) in [7, 11) is 0. The van der Waals surface area contributed by atoms with Gasteiger partial charge in [-0.25, -0.2) is 0 Å². The van der Waals surface area contributed by atoms with E-state index in [9.17, 15) is 4.79 Å². The number of primary amides is 1. The fourth-order valence-corrected chi connectivity index (χ4v) is 4.17. The van der Waals surface area contributed by atoms with Gasteiger partial charge in [-0.1, -0.05) is 30.3 Å². The molecule has 1 amide bonds. The first kappa shape index (κ1) is 17.8. The zero-order chi connectivity index (χ0) is 19.8. The minimum atomic E-state index is -0.504. The molecule has 1 aromatic heterocycles. The van der Waals surface area contributed by atoms with Crippen LogP contribution in [-0.4, -0.2) is 48.1 Å². The van der Waals surface area contributed by atoms with Crippen molar-refractivity contribution < 1.29 is 14.3 Å². The first-order valence-electron chi connectivity index (χ1n) is 9.89. The quantitative estimate of drug-likeness (QED) is 0.718. The number of ether oxygens (including phenoxy) is 2. The largest absolute Gasteiger partial charge is 0.486 e. The third-order valence-corrected chi connectivity index (χ3v) is 5.64. The fourth-order valence-electron chi connectivity index (χ4n) is 4.17. The molecule has 0 fully saturated rings. The van der Waals surface area contributed by atoms with Gasteiger partial charge in [0.05, 0.1) is 5.56 Å². The minimum absolute atomic E-state index is 0.133. The molecule has 2 aliphatic rings. The molecule has 6 nitrogen and oxygen atoms in total. The molecule has 0 radical (unpaired) electrons. The van der Waals surface area contributed by atoms with Crippen LogP contribution in [0.15, 0.2) is 54.7 Å². The Morgan fingerprint density at radius 2 is 2.10 bits per heavy atom. The topological polar surface area (TPSA) is 80.6 Å². The molecule has 148 valence electrons. The van der Waals surface area contributed by atoms with Gasteiger partial charge in [0.1, 0.15) is 12.7 Å². The zero-order valence-corrected chi connectivity index (χ0v) is 16.1. The Hall–Kier alpha value is -3.25. The van der Waals surface area contributed by atoms with E-state index in [1.807, 2.05) is 6.07 Å². The van der Waals surface area contributed by atoms with Crippen molar-refractivity contribution in [3.8, 4) is 11.5 Å². The van der Waals surface area contributed by atoms with Crippen molar-refractivity contribution in [3.63, 3.8) is 0 Å². The molecule has 1 unspecified atom stereocenters. The number of hydrogen-bond acceptors (Lipinski definition) is 4. The van der Waals surface area contributed by atoms with Gasteiger partial charge in [-0.3, -0.25) is 9.69 Å². The minimum Gasteiger partial charge on any atom is -0.486 e. The number of hydrogen-bond donors (Lipinski definition) is 2. The highest BCUT2D eigenvalue weighted by molar-refractivity contribution is 5.96. The van der Waals surface area contributed by atoms with Crippen LogP contribution in [0.4, 0.5) is 0 Å². The van der Waals surface area contributed by atoms with Gasteiger partial charge in [-0.05, 0) is 30.2 Å². The van der Waals surface area contributed by atoms with Crippen molar-refractivity contribution in [2.24, 2.45) is 5.73 Å². The van der Waals surface area contributed by atoms with E-state index in [1.165, 1.54) is 22.0 Å². The maximum absolute atomic E-state index is 11.7. The monoisotopic (exact) mass is 389 g/mol. The van der Waals surface area contributed by atoms with E-state index in [1.54, 1.807) is 18.2 Å². The summed E-state index contributed by atoms with van der Waals surface area (Å²) >= 11 is 0. The maximum atomic E-state index is 11.7. The Labute approximate surface area is 168 Å². The van der Waals surface area contributed by atoms with E-state index in [0.29, 0.717) is 23.7 Å². The van der Waals surface area contributed by atoms with Crippen LogP contribution in [0.1, 0.15) is 22.3 Å². The van der Waals surface area contributed by atoms with Crippen LogP contribution in [0.5, 0.6) is 11.5 Å². The lowest BCUT2D eigenvalue weighted by Gasteiger charge is -2.33. The van der Waals surface area contributed by atoms with E-state index in [0.717, 1.165) is 26.1 Å². The number of H-pyrrole nitrogens is 1. The van der Waals surface area contributed by atoms with E-state index in [-0.39, 0.29) is 6.10 Å². The standard InChI is InChI=1S/C23H23N3O3/c24-23(27)18-5-3-7-21-22(18)29-16(14-28-21)13-26-10-8-15(9-11-26)19-12-25-20-6-2-1-4-17(19)20/h1-8,12,16,25H,9-11,13-14H2,(H2,24,27). The van der Waals surface area contributed by atoms with Gasteiger partial charge in [-0.15, -0.1) is 0 Å². The second-order valence-electron chi connectivity index (χ2n) is 7.53. The average molecular weight is 389 g/mol. The van der Waals surface area contributed by atoms with Crippen LogP contribution in [0.25, 0.3) is 16.5 Å². The number of carbonyl (C=O) groups excluding carboxylic acids is 1. The van der Waals surface area contributed by atoms with Gasteiger partial charge in [0.25, 0.3) is 5.91 Å². The average Bonchev–Trinajstić information content (AvgIpc) is 3.18. The Morgan fingerprint density at radius 3 is 2.93 bits per heavy atom. The summed E-state index contributed by atoms with van der Waals surface area (Å²) in [5, 5.41) is 1.27. The van der Waals surface area contributed by atoms with Gasteiger partial charge in [0, 0.05) is 42.3 Å². The number of aromatic nitrogens is 1. The highest BCUT2D eigenvalue weighted by Gasteiger charge is 2.27. The van der Waals surface area contributed by atoms with E-state index in [4.69, 9.17) is 15.2 Å². The molecule has 29 heavy (non-hydrogen) atoms. The Kier molecular flexibility index (Phi) is 4.48. The number of fused-ring (bicyclic) bond motifs is 2. The van der Waals surface area contributed by atoms with Crippen LogP contribution >= 0.6 is 0 Å². The van der Waals surface area contributed by atoms with E-state index < -0.39 is 5.91 Å². The van der Waals surface area contributed by atoms with Crippen LogP contribution < -0.4 is 15.2 Å². The van der Waals surface area contributed by atoms with Crippen molar-refractivity contribution >= 4 is 22.4 Å². The molecule has 1 atom stereocenters. The third-order valence-electron chi connectivity index (χ3n) is 5.64.